The van der Waals surface area contributed by atoms with Crippen molar-refractivity contribution in [3.05, 3.63) is 59.7 Å². The number of carbonyl (C=O) groups excluding carboxylic acids is 1. The fraction of sp³-hybridized carbons (Fsp3) is 0.350. The molecule has 3 N–H and O–H groups in total. The molecule has 0 bridgehead atoms. The van der Waals surface area contributed by atoms with E-state index in [1.54, 1.807) is 31.4 Å². The smallest absolute Gasteiger partial charge is 0.251 e. The minimum Gasteiger partial charge on any atom is -0.497 e. The zero-order valence-electron chi connectivity index (χ0n) is 15.4. The lowest BCUT2D eigenvalue weighted by atomic mass is 10.0. The first kappa shape index (κ1) is 21.0. The van der Waals surface area contributed by atoms with Gasteiger partial charge in [0.1, 0.15) is 5.75 Å². The third-order valence-corrected chi connectivity index (χ3v) is 4.62. The zero-order chi connectivity index (χ0) is 18.4. The maximum absolute atomic E-state index is 12.5. The first-order valence-corrected chi connectivity index (χ1v) is 8.77. The number of halogens is 1. The van der Waals surface area contributed by atoms with Crippen LogP contribution in [0.5, 0.6) is 5.75 Å². The van der Waals surface area contributed by atoms with Gasteiger partial charge in [-0.2, -0.15) is 0 Å². The lowest BCUT2D eigenvalue weighted by Gasteiger charge is -2.35. The van der Waals surface area contributed by atoms with E-state index in [2.05, 4.69) is 10.2 Å². The van der Waals surface area contributed by atoms with Gasteiger partial charge in [0.15, 0.2) is 0 Å². The van der Waals surface area contributed by atoms with Crippen LogP contribution in [0.15, 0.2) is 48.5 Å². The number of ether oxygens (including phenoxy) is 2. The second kappa shape index (κ2) is 10.2. The van der Waals surface area contributed by atoms with E-state index in [1.807, 2.05) is 24.3 Å². The molecule has 1 saturated heterocycles. The number of morpholine rings is 1. The van der Waals surface area contributed by atoms with Gasteiger partial charge >= 0.3 is 0 Å². The zero-order valence-corrected chi connectivity index (χ0v) is 16.2. The molecule has 2 aromatic rings. The molecular weight excluding hydrogens is 366 g/mol. The molecule has 27 heavy (non-hydrogen) atoms. The molecule has 0 aromatic heterocycles. The fourth-order valence-electron chi connectivity index (χ4n) is 3.10. The van der Waals surface area contributed by atoms with Gasteiger partial charge in [0.2, 0.25) is 0 Å². The highest BCUT2D eigenvalue weighted by Crippen LogP contribution is 2.23. The highest BCUT2D eigenvalue weighted by atomic mass is 35.5. The van der Waals surface area contributed by atoms with E-state index in [0.29, 0.717) is 31.0 Å². The molecule has 1 heterocycles. The van der Waals surface area contributed by atoms with Crippen LogP contribution in [-0.4, -0.2) is 50.8 Å². The molecule has 1 amide bonds. The van der Waals surface area contributed by atoms with E-state index in [-0.39, 0.29) is 24.4 Å². The lowest BCUT2D eigenvalue weighted by Crippen LogP contribution is -2.43. The number of methoxy groups -OCH3 is 1. The number of nitrogens with two attached hydrogens (primary N) is 1. The minimum atomic E-state index is -0.100. The number of carbonyl (C=O) groups is 1. The Hall–Kier alpha value is -2.28. The third kappa shape index (κ3) is 5.60. The predicted octanol–water partition coefficient (Wildman–Crippen LogP) is 2.50. The highest BCUT2D eigenvalue weighted by Gasteiger charge is 2.23. The van der Waals surface area contributed by atoms with Gasteiger partial charge in [0.05, 0.1) is 26.4 Å². The fourth-order valence-corrected chi connectivity index (χ4v) is 3.10. The van der Waals surface area contributed by atoms with Crippen LogP contribution in [0.4, 0.5) is 5.69 Å². The average Bonchev–Trinajstić information content (AvgIpc) is 2.70. The predicted molar refractivity (Wildman–Crippen MR) is 109 cm³/mol. The second-order valence-corrected chi connectivity index (χ2v) is 6.27. The van der Waals surface area contributed by atoms with Crippen molar-refractivity contribution in [2.75, 3.05) is 45.7 Å². The van der Waals surface area contributed by atoms with Crippen molar-refractivity contribution in [3.8, 4) is 5.75 Å². The van der Waals surface area contributed by atoms with Gasteiger partial charge < -0.3 is 20.5 Å². The first-order chi connectivity index (χ1) is 12.7. The van der Waals surface area contributed by atoms with Gasteiger partial charge in [-0.3, -0.25) is 9.69 Å². The van der Waals surface area contributed by atoms with Gasteiger partial charge in [-0.05, 0) is 42.0 Å². The largest absolute Gasteiger partial charge is 0.497 e. The van der Waals surface area contributed by atoms with E-state index < -0.39 is 0 Å². The average molecular weight is 392 g/mol. The Morgan fingerprint density at radius 3 is 2.37 bits per heavy atom. The van der Waals surface area contributed by atoms with Crippen molar-refractivity contribution < 1.29 is 14.3 Å². The molecule has 3 rings (SSSR count). The number of benzene rings is 2. The normalized spacial score (nSPS) is 15.4. The molecule has 1 unspecified atom stereocenters. The molecule has 2 aromatic carbocycles. The number of hydrogen-bond donors (Lipinski definition) is 2. The number of hydrogen-bond acceptors (Lipinski definition) is 5. The third-order valence-electron chi connectivity index (χ3n) is 4.62. The van der Waals surface area contributed by atoms with Crippen molar-refractivity contribution in [2.24, 2.45) is 0 Å². The number of nitrogen functional groups attached to an aromatic ring is 1. The summed E-state index contributed by atoms with van der Waals surface area (Å²) in [6, 6.07) is 15.0. The molecule has 1 aliphatic rings. The molecule has 146 valence electrons. The van der Waals surface area contributed by atoms with Crippen molar-refractivity contribution in [3.63, 3.8) is 0 Å². The van der Waals surface area contributed by atoms with Crippen LogP contribution in [-0.2, 0) is 4.74 Å². The van der Waals surface area contributed by atoms with E-state index in [1.165, 1.54) is 0 Å². The monoisotopic (exact) mass is 391 g/mol. The molecule has 1 atom stereocenters. The summed E-state index contributed by atoms with van der Waals surface area (Å²) in [5, 5.41) is 3.05. The van der Waals surface area contributed by atoms with Crippen LogP contribution < -0.4 is 15.8 Å². The van der Waals surface area contributed by atoms with Crippen LogP contribution in [0.1, 0.15) is 22.0 Å². The van der Waals surface area contributed by atoms with E-state index >= 15 is 0 Å². The summed E-state index contributed by atoms with van der Waals surface area (Å²) in [6.07, 6.45) is 0. The number of nitrogens with one attached hydrogen (secondary N) is 1. The summed E-state index contributed by atoms with van der Waals surface area (Å²) in [5.74, 6) is 0.720. The minimum absolute atomic E-state index is 0. The molecule has 7 heteroatoms. The molecule has 0 spiro atoms. The standard InChI is InChI=1S/C20H25N3O3.ClH/c1-25-18-8-4-15(5-9-18)19(23-10-12-26-13-11-23)14-22-20(24)16-2-6-17(21)7-3-16;/h2-9,19H,10-14,21H2,1H3,(H,22,24);1H. The summed E-state index contributed by atoms with van der Waals surface area (Å²) in [7, 11) is 1.65. The molecule has 0 saturated carbocycles. The molecule has 1 aliphatic heterocycles. The molecular formula is C20H26ClN3O3. The van der Waals surface area contributed by atoms with Crippen LogP contribution in [0.3, 0.4) is 0 Å². The quantitative estimate of drug-likeness (QED) is 0.740. The van der Waals surface area contributed by atoms with Gasteiger partial charge in [0, 0.05) is 30.9 Å². The molecule has 0 aliphatic carbocycles. The van der Waals surface area contributed by atoms with Gasteiger partial charge in [-0.25, -0.2) is 0 Å². The maximum Gasteiger partial charge on any atom is 0.251 e. The second-order valence-electron chi connectivity index (χ2n) is 6.27. The summed E-state index contributed by atoms with van der Waals surface area (Å²) in [4.78, 5) is 14.8. The number of anilines is 1. The van der Waals surface area contributed by atoms with Crippen LogP contribution in [0.25, 0.3) is 0 Å². The summed E-state index contributed by atoms with van der Waals surface area (Å²) >= 11 is 0. The lowest BCUT2D eigenvalue weighted by molar-refractivity contribution is 0.0162. The van der Waals surface area contributed by atoms with Crippen molar-refractivity contribution >= 4 is 24.0 Å². The Bertz CT molecular complexity index is 716. The molecule has 0 radical (unpaired) electrons. The molecule has 1 fully saturated rings. The van der Waals surface area contributed by atoms with Gasteiger partial charge in [-0.15, -0.1) is 12.4 Å². The van der Waals surface area contributed by atoms with Gasteiger partial charge in [0.25, 0.3) is 5.91 Å². The number of amides is 1. The first-order valence-electron chi connectivity index (χ1n) is 8.77. The van der Waals surface area contributed by atoms with Gasteiger partial charge in [-0.1, -0.05) is 12.1 Å². The van der Waals surface area contributed by atoms with Crippen molar-refractivity contribution in [2.45, 2.75) is 6.04 Å². The molecule has 6 nitrogen and oxygen atoms in total. The van der Waals surface area contributed by atoms with E-state index in [9.17, 15) is 4.79 Å². The topological polar surface area (TPSA) is 76.8 Å². The van der Waals surface area contributed by atoms with E-state index in [4.69, 9.17) is 15.2 Å². The Morgan fingerprint density at radius 1 is 1.15 bits per heavy atom. The maximum atomic E-state index is 12.5. The van der Waals surface area contributed by atoms with Crippen molar-refractivity contribution in [1.82, 2.24) is 10.2 Å². The highest BCUT2D eigenvalue weighted by molar-refractivity contribution is 5.94. The Kier molecular flexibility index (Phi) is 7.91. The van der Waals surface area contributed by atoms with Crippen molar-refractivity contribution in [1.29, 1.82) is 0 Å². The van der Waals surface area contributed by atoms with Crippen LogP contribution in [0, 0.1) is 0 Å². The summed E-state index contributed by atoms with van der Waals surface area (Å²) < 4.78 is 10.7. The van der Waals surface area contributed by atoms with Crippen LogP contribution >= 0.6 is 12.4 Å². The van der Waals surface area contributed by atoms with E-state index in [0.717, 1.165) is 24.4 Å². The Balaban J connectivity index is 0.00000261. The number of rotatable bonds is 6. The van der Waals surface area contributed by atoms with Crippen LogP contribution in [0.2, 0.25) is 0 Å². The Morgan fingerprint density at radius 2 is 1.78 bits per heavy atom. The SMILES string of the molecule is COc1ccc(C(CNC(=O)c2ccc(N)cc2)N2CCOCC2)cc1.Cl. The Labute approximate surface area is 166 Å². The summed E-state index contributed by atoms with van der Waals surface area (Å²) in [5.41, 5.74) is 8.08. The number of nitrogens with zero attached hydrogens (tertiary/aromatic N) is 1. The summed E-state index contributed by atoms with van der Waals surface area (Å²) in [6.45, 7) is 3.62.